The highest BCUT2D eigenvalue weighted by Crippen LogP contribution is 2.17. The summed E-state index contributed by atoms with van der Waals surface area (Å²) >= 11 is 4.90. The zero-order valence-corrected chi connectivity index (χ0v) is 8.88. The molecule has 0 heterocycles. The molecule has 0 aromatic carbocycles. The molecule has 0 saturated heterocycles. The van der Waals surface area contributed by atoms with Crippen LogP contribution in [0.3, 0.4) is 0 Å². The fraction of sp³-hybridized carbons (Fsp3) is 0.889. The molecule has 2 N–H and O–H groups in total. The molecular weight excluding hydrogens is 206 g/mol. The van der Waals surface area contributed by atoms with E-state index in [0.717, 1.165) is 12.8 Å². The maximum absolute atomic E-state index is 11.8. The van der Waals surface area contributed by atoms with Crippen LogP contribution in [-0.4, -0.2) is 24.1 Å². The van der Waals surface area contributed by atoms with Crippen LogP contribution in [0.15, 0.2) is 0 Å². The first-order valence-corrected chi connectivity index (χ1v) is 5.42. The summed E-state index contributed by atoms with van der Waals surface area (Å²) < 4.78 is 23.6. The summed E-state index contributed by atoms with van der Waals surface area (Å²) in [6.07, 6.45) is 3.52. The molecular formula is C9H16F2N2S. The van der Waals surface area contributed by atoms with Crippen molar-refractivity contribution in [2.24, 2.45) is 0 Å². The molecule has 0 unspecified atom stereocenters. The lowest BCUT2D eigenvalue weighted by Gasteiger charge is -2.24. The van der Waals surface area contributed by atoms with Crippen molar-refractivity contribution in [1.82, 2.24) is 10.6 Å². The van der Waals surface area contributed by atoms with Crippen molar-refractivity contribution in [2.45, 2.75) is 44.6 Å². The molecule has 0 aromatic heterocycles. The fourth-order valence-corrected chi connectivity index (χ4v) is 1.90. The molecule has 0 amide bonds. The number of halogens is 2. The Morgan fingerprint density at radius 2 is 1.93 bits per heavy atom. The van der Waals surface area contributed by atoms with Crippen molar-refractivity contribution >= 4 is 17.3 Å². The number of thiocarbonyl (C=S) groups is 1. The Morgan fingerprint density at radius 1 is 1.29 bits per heavy atom. The number of alkyl halides is 2. The Morgan fingerprint density at radius 3 is 2.50 bits per heavy atom. The molecule has 1 rings (SSSR count). The average molecular weight is 222 g/mol. The minimum Gasteiger partial charge on any atom is -0.360 e. The molecule has 82 valence electrons. The molecule has 14 heavy (non-hydrogen) atoms. The second-order valence-corrected chi connectivity index (χ2v) is 3.99. The van der Waals surface area contributed by atoms with Crippen molar-refractivity contribution in [2.75, 3.05) is 6.54 Å². The van der Waals surface area contributed by atoms with Gasteiger partial charge in [0.15, 0.2) is 5.11 Å². The first-order chi connectivity index (χ1) is 6.68. The predicted octanol–water partition coefficient (Wildman–Crippen LogP) is 2.05. The highest BCUT2D eigenvalue weighted by molar-refractivity contribution is 7.80. The van der Waals surface area contributed by atoms with Crippen molar-refractivity contribution in [3.05, 3.63) is 0 Å². The normalized spacial score (nSPS) is 18.2. The zero-order valence-electron chi connectivity index (χ0n) is 8.06. The molecule has 1 saturated carbocycles. The first-order valence-electron chi connectivity index (χ1n) is 5.01. The maximum Gasteiger partial charge on any atom is 0.255 e. The topological polar surface area (TPSA) is 24.1 Å². The third-order valence-electron chi connectivity index (χ3n) is 2.36. The summed E-state index contributed by atoms with van der Waals surface area (Å²) in [6, 6.07) is 0.376. The standard InChI is InChI=1S/C9H16F2N2S/c10-8(11)6-12-9(14)13-7-4-2-1-3-5-7/h7-8H,1-6H2,(H2,12,13,14). The summed E-state index contributed by atoms with van der Waals surface area (Å²) in [6.45, 7) is -0.363. The van der Waals surface area contributed by atoms with E-state index >= 15 is 0 Å². The van der Waals surface area contributed by atoms with Crippen molar-refractivity contribution in [1.29, 1.82) is 0 Å². The van der Waals surface area contributed by atoms with Gasteiger partial charge in [0, 0.05) is 6.04 Å². The van der Waals surface area contributed by atoms with Crippen LogP contribution in [0, 0.1) is 0 Å². The third-order valence-corrected chi connectivity index (χ3v) is 2.62. The smallest absolute Gasteiger partial charge is 0.255 e. The molecule has 1 fully saturated rings. The highest BCUT2D eigenvalue weighted by Gasteiger charge is 2.14. The van der Waals surface area contributed by atoms with Gasteiger partial charge in [-0.3, -0.25) is 0 Å². The fourth-order valence-electron chi connectivity index (χ4n) is 1.65. The van der Waals surface area contributed by atoms with E-state index in [9.17, 15) is 8.78 Å². The minimum atomic E-state index is -2.35. The molecule has 0 atom stereocenters. The van der Waals surface area contributed by atoms with Crippen LogP contribution < -0.4 is 10.6 Å². The largest absolute Gasteiger partial charge is 0.360 e. The summed E-state index contributed by atoms with van der Waals surface area (Å²) in [5.41, 5.74) is 0. The molecule has 0 aromatic rings. The Labute approximate surface area is 88.4 Å². The van der Waals surface area contributed by atoms with E-state index in [4.69, 9.17) is 12.2 Å². The molecule has 0 bridgehead atoms. The Hall–Kier alpha value is -0.450. The van der Waals surface area contributed by atoms with Gasteiger partial charge in [-0.2, -0.15) is 0 Å². The second-order valence-electron chi connectivity index (χ2n) is 3.58. The van der Waals surface area contributed by atoms with E-state index in [1.165, 1.54) is 19.3 Å². The SMILES string of the molecule is FC(F)CNC(=S)NC1CCCCC1. The van der Waals surface area contributed by atoms with E-state index in [0.29, 0.717) is 11.2 Å². The summed E-state index contributed by atoms with van der Waals surface area (Å²) in [5.74, 6) is 0. The van der Waals surface area contributed by atoms with E-state index in [1.54, 1.807) is 0 Å². The summed E-state index contributed by atoms with van der Waals surface area (Å²) in [4.78, 5) is 0. The van der Waals surface area contributed by atoms with Gasteiger partial charge in [-0.25, -0.2) is 8.78 Å². The third kappa shape index (κ3) is 4.69. The number of hydrogen-bond acceptors (Lipinski definition) is 1. The van der Waals surface area contributed by atoms with Gasteiger partial charge < -0.3 is 10.6 Å². The molecule has 0 spiro atoms. The number of rotatable bonds is 3. The molecule has 1 aliphatic carbocycles. The van der Waals surface area contributed by atoms with Gasteiger partial charge >= 0.3 is 0 Å². The predicted molar refractivity (Wildman–Crippen MR) is 56.6 cm³/mol. The van der Waals surface area contributed by atoms with Crippen LogP contribution in [0.4, 0.5) is 8.78 Å². The van der Waals surface area contributed by atoms with E-state index in [-0.39, 0.29) is 6.54 Å². The van der Waals surface area contributed by atoms with Crippen LogP contribution in [0.1, 0.15) is 32.1 Å². The first kappa shape index (κ1) is 11.6. The molecule has 5 heteroatoms. The van der Waals surface area contributed by atoms with Gasteiger partial charge in [0.2, 0.25) is 0 Å². The molecule has 2 nitrogen and oxygen atoms in total. The molecule has 0 radical (unpaired) electrons. The van der Waals surface area contributed by atoms with Crippen LogP contribution in [0.2, 0.25) is 0 Å². The van der Waals surface area contributed by atoms with Crippen LogP contribution in [0.5, 0.6) is 0 Å². The van der Waals surface area contributed by atoms with Crippen molar-refractivity contribution in [3.63, 3.8) is 0 Å². The molecule has 0 aliphatic heterocycles. The van der Waals surface area contributed by atoms with Crippen molar-refractivity contribution in [3.8, 4) is 0 Å². The zero-order chi connectivity index (χ0) is 10.4. The van der Waals surface area contributed by atoms with Crippen LogP contribution in [0.25, 0.3) is 0 Å². The van der Waals surface area contributed by atoms with Gasteiger partial charge in [0.1, 0.15) is 0 Å². The average Bonchev–Trinajstić information content (AvgIpc) is 2.16. The number of hydrogen-bond donors (Lipinski definition) is 2. The Balaban J connectivity index is 2.12. The Kier molecular flexibility index (Phi) is 5.07. The quantitative estimate of drug-likeness (QED) is 0.715. The van der Waals surface area contributed by atoms with Crippen LogP contribution >= 0.6 is 12.2 Å². The van der Waals surface area contributed by atoms with Crippen molar-refractivity contribution < 1.29 is 8.78 Å². The van der Waals surface area contributed by atoms with Gasteiger partial charge in [0.05, 0.1) is 6.54 Å². The highest BCUT2D eigenvalue weighted by atomic mass is 32.1. The lowest BCUT2D eigenvalue weighted by molar-refractivity contribution is 0.152. The van der Waals surface area contributed by atoms with Gasteiger partial charge in [0.25, 0.3) is 6.43 Å². The van der Waals surface area contributed by atoms with Gasteiger partial charge in [-0.1, -0.05) is 19.3 Å². The van der Waals surface area contributed by atoms with E-state index in [2.05, 4.69) is 10.6 Å². The summed E-state index contributed by atoms with van der Waals surface area (Å²) in [7, 11) is 0. The van der Waals surface area contributed by atoms with E-state index in [1.807, 2.05) is 0 Å². The van der Waals surface area contributed by atoms with Gasteiger partial charge in [-0.05, 0) is 25.1 Å². The molecule has 1 aliphatic rings. The minimum absolute atomic E-state index is 0.359. The Bertz CT molecular complexity index is 182. The maximum atomic E-state index is 11.8. The monoisotopic (exact) mass is 222 g/mol. The second kappa shape index (κ2) is 6.11. The van der Waals surface area contributed by atoms with Gasteiger partial charge in [-0.15, -0.1) is 0 Å². The lowest BCUT2D eigenvalue weighted by atomic mass is 9.96. The number of nitrogens with one attached hydrogen (secondary N) is 2. The summed E-state index contributed by atoms with van der Waals surface area (Å²) in [5, 5.41) is 5.92. The van der Waals surface area contributed by atoms with E-state index < -0.39 is 6.43 Å². The van der Waals surface area contributed by atoms with Crippen LogP contribution in [-0.2, 0) is 0 Å². The lowest BCUT2D eigenvalue weighted by Crippen LogP contribution is -2.44.